The second-order valence-electron chi connectivity index (χ2n) is 5.09. The average Bonchev–Trinajstić information content (AvgIpc) is 2.15. The van der Waals surface area contributed by atoms with Gasteiger partial charge in [0.1, 0.15) is 0 Å². The van der Waals surface area contributed by atoms with Crippen molar-refractivity contribution < 1.29 is 13.5 Å². The maximum Gasteiger partial charge on any atom is 0.211 e. The lowest BCUT2D eigenvalue weighted by atomic mass is 10.0. The fourth-order valence-corrected chi connectivity index (χ4v) is 3.21. The fraction of sp³-hybridized carbons (Fsp3) is 1.00. The number of piperidine rings is 1. The first-order valence-corrected chi connectivity index (χ1v) is 8.03. The smallest absolute Gasteiger partial charge is 0.211 e. The normalized spacial score (nSPS) is 23.5. The van der Waals surface area contributed by atoms with Crippen molar-refractivity contribution in [3.63, 3.8) is 0 Å². The van der Waals surface area contributed by atoms with Gasteiger partial charge in [-0.3, -0.25) is 0 Å². The summed E-state index contributed by atoms with van der Waals surface area (Å²) in [5.41, 5.74) is 0. The molecule has 0 radical (unpaired) electrons. The maximum absolute atomic E-state index is 11.3. The highest BCUT2D eigenvalue weighted by atomic mass is 32.2. The molecule has 1 aliphatic rings. The van der Waals surface area contributed by atoms with Crippen LogP contribution < -0.4 is 5.32 Å². The van der Waals surface area contributed by atoms with Gasteiger partial charge in [0, 0.05) is 25.2 Å². The van der Waals surface area contributed by atoms with Crippen molar-refractivity contribution >= 4 is 10.0 Å². The van der Waals surface area contributed by atoms with Crippen LogP contribution in [-0.4, -0.2) is 55.4 Å². The van der Waals surface area contributed by atoms with E-state index < -0.39 is 10.0 Å². The highest BCUT2D eigenvalue weighted by Gasteiger charge is 2.25. The third kappa shape index (κ3) is 5.33. The summed E-state index contributed by atoms with van der Waals surface area (Å²) in [5, 5.41) is 12.7. The number of rotatable bonds is 5. The molecule has 1 fully saturated rings. The highest BCUT2D eigenvalue weighted by Crippen LogP contribution is 2.14. The van der Waals surface area contributed by atoms with Crippen LogP contribution in [0.5, 0.6) is 0 Å². The molecule has 1 saturated heterocycles. The Bertz CT molecular complexity index is 322. The molecule has 0 aromatic rings. The summed E-state index contributed by atoms with van der Waals surface area (Å²) >= 11 is 0. The van der Waals surface area contributed by atoms with E-state index in [0.29, 0.717) is 19.1 Å². The van der Waals surface area contributed by atoms with E-state index >= 15 is 0 Å². The third-order valence-corrected chi connectivity index (χ3v) is 4.44. The zero-order valence-electron chi connectivity index (χ0n) is 10.9. The Kier molecular flexibility index (Phi) is 5.37. The SMILES string of the molecule is CC(O)CC(C)NC1CCN(S(C)(=O)=O)CC1. The lowest BCUT2D eigenvalue weighted by molar-refractivity contribution is 0.163. The number of hydrogen-bond donors (Lipinski definition) is 2. The van der Waals surface area contributed by atoms with E-state index in [1.807, 2.05) is 0 Å². The summed E-state index contributed by atoms with van der Waals surface area (Å²) in [7, 11) is -3.03. The number of aliphatic hydroxyl groups is 1. The molecule has 1 aliphatic heterocycles. The zero-order chi connectivity index (χ0) is 13.1. The second kappa shape index (κ2) is 6.13. The molecule has 2 atom stereocenters. The van der Waals surface area contributed by atoms with Crippen molar-refractivity contribution in [3.05, 3.63) is 0 Å². The summed E-state index contributed by atoms with van der Waals surface area (Å²) in [4.78, 5) is 0. The van der Waals surface area contributed by atoms with Gasteiger partial charge in [-0.25, -0.2) is 12.7 Å². The first kappa shape index (κ1) is 14.9. The predicted octanol–water partition coefficient (Wildman–Crippen LogP) is 0.159. The van der Waals surface area contributed by atoms with Crippen molar-refractivity contribution in [1.82, 2.24) is 9.62 Å². The fourth-order valence-electron chi connectivity index (χ4n) is 2.34. The number of nitrogens with zero attached hydrogens (tertiary/aromatic N) is 1. The summed E-state index contributed by atoms with van der Waals surface area (Å²) < 4.78 is 24.2. The number of sulfonamides is 1. The van der Waals surface area contributed by atoms with Crippen LogP contribution in [0.3, 0.4) is 0 Å². The van der Waals surface area contributed by atoms with Crippen LogP contribution in [0.1, 0.15) is 33.1 Å². The molecule has 0 amide bonds. The molecule has 0 aliphatic carbocycles. The number of nitrogens with one attached hydrogen (secondary N) is 1. The van der Waals surface area contributed by atoms with Crippen LogP contribution in [0, 0.1) is 0 Å². The Balaban J connectivity index is 2.33. The van der Waals surface area contributed by atoms with Crippen LogP contribution in [0.25, 0.3) is 0 Å². The predicted molar refractivity (Wildman–Crippen MR) is 68.3 cm³/mol. The van der Waals surface area contributed by atoms with Gasteiger partial charge in [-0.1, -0.05) is 0 Å². The van der Waals surface area contributed by atoms with Crippen LogP contribution >= 0.6 is 0 Å². The van der Waals surface area contributed by atoms with Gasteiger partial charge < -0.3 is 10.4 Å². The minimum Gasteiger partial charge on any atom is -0.393 e. The standard InChI is InChI=1S/C11H24N2O3S/c1-9(8-10(2)14)12-11-4-6-13(7-5-11)17(3,15)16/h9-12,14H,4-8H2,1-3H3. The first-order valence-electron chi connectivity index (χ1n) is 6.18. The molecular weight excluding hydrogens is 240 g/mol. The summed E-state index contributed by atoms with van der Waals surface area (Å²) in [5.74, 6) is 0. The van der Waals surface area contributed by atoms with E-state index in [2.05, 4.69) is 12.2 Å². The molecule has 5 nitrogen and oxygen atoms in total. The van der Waals surface area contributed by atoms with Gasteiger partial charge in [-0.15, -0.1) is 0 Å². The van der Waals surface area contributed by atoms with Gasteiger partial charge in [0.25, 0.3) is 0 Å². The molecule has 17 heavy (non-hydrogen) atoms. The van der Waals surface area contributed by atoms with E-state index in [9.17, 15) is 13.5 Å². The van der Waals surface area contributed by atoms with Crippen molar-refractivity contribution in [2.24, 2.45) is 0 Å². The summed E-state index contributed by atoms with van der Waals surface area (Å²) in [6, 6.07) is 0.631. The van der Waals surface area contributed by atoms with Gasteiger partial charge in [-0.2, -0.15) is 0 Å². The Morgan fingerprint density at radius 2 is 1.88 bits per heavy atom. The molecule has 0 aromatic carbocycles. The Hall–Kier alpha value is -0.170. The molecular formula is C11H24N2O3S. The minimum atomic E-state index is -3.03. The van der Waals surface area contributed by atoms with Crippen LogP contribution in [0.15, 0.2) is 0 Å². The van der Waals surface area contributed by atoms with Crippen LogP contribution in [-0.2, 0) is 10.0 Å². The number of aliphatic hydroxyl groups excluding tert-OH is 1. The van der Waals surface area contributed by atoms with Gasteiger partial charge in [0.2, 0.25) is 10.0 Å². The summed E-state index contributed by atoms with van der Waals surface area (Å²) in [6.45, 7) is 5.02. The zero-order valence-corrected chi connectivity index (χ0v) is 11.7. The molecule has 0 bridgehead atoms. The van der Waals surface area contributed by atoms with E-state index in [-0.39, 0.29) is 12.1 Å². The van der Waals surface area contributed by atoms with Crippen LogP contribution in [0.2, 0.25) is 0 Å². The van der Waals surface area contributed by atoms with E-state index in [0.717, 1.165) is 19.3 Å². The average molecular weight is 264 g/mol. The Morgan fingerprint density at radius 1 is 1.35 bits per heavy atom. The molecule has 2 N–H and O–H groups in total. The lowest BCUT2D eigenvalue weighted by Crippen LogP contribution is -2.47. The number of hydrogen-bond acceptors (Lipinski definition) is 4. The highest BCUT2D eigenvalue weighted by molar-refractivity contribution is 7.88. The minimum absolute atomic E-state index is 0.268. The molecule has 1 rings (SSSR count). The molecule has 0 aromatic heterocycles. The van der Waals surface area contributed by atoms with Crippen molar-refractivity contribution in [1.29, 1.82) is 0 Å². The topological polar surface area (TPSA) is 69.6 Å². The van der Waals surface area contributed by atoms with Crippen molar-refractivity contribution in [2.45, 2.75) is 51.3 Å². The Morgan fingerprint density at radius 3 is 2.29 bits per heavy atom. The van der Waals surface area contributed by atoms with Crippen molar-refractivity contribution in [2.75, 3.05) is 19.3 Å². The largest absolute Gasteiger partial charge is 0.393 e. The van der Waals surface area contributed by atoms with Crippen LogP contribution in [0.4, 0.5) is 0 Å². The molecule has 102 valence electrons. The van der Waals surface area contributed by atoms with E-state index in [4.69, 9.17) is 0 Å². The molecule has 6 heteroatoms. The monoisotopic (exact) mass is 264 g/mol. The van der Waals surface area contributed by atoms with Crippen molar-refractivity contribution in [3.8, 4) is 0 Å². The quantitative estimate of drug-likeness (QED) is 0.742. The second-order valence-corrected chi connectivity index (χ2v) is 7.07. The molecule has 0 spiro atoms. The van der Waals surface area contributed by atoms with Gasteiger partial charge in [0.15, 0.2) is 0 Å². The molecule has 1 heterocycles. The van der Waals surface area contributed by atoms with Gasteiger partial charge in [-0.05, 0) is 33.1 Å². The summed E-state index contributed by atoms with van der Waals surface area (Å²) in [6.07, 6.45) is 3.38. The first-order chi connectivity index (χ1) is 7.79. The molecule has 0 saturated carbocycles. The third-order valence-electron chi connectivity index (χ3n) is 3.14. The van der Waals surface area contributed by atoms with E-state index in [1.54, 1.807) is 6.92 Å². The van der Waals surface area contributed by atoms with Gasteiger partial charge >= 0.3 is 0 Å². The maximum atomic E-state index is 11.3. The Labute approximate surface area is 104 Å². The lowest BCUT2D eigenvalue weighted by Gasteiger charge is -2.32. The molecule has 2 unspecified atom stereocenters. The van der Waals surface area contributed by atoms with Gasteiger partial charge in [0.05, 0.1) is 12.4 Å². The van der Waals surface area contributed by atoms with E-state index in [1.165, 1.54) is 10.6 Å².